The molecule has 0 aliphatic heterocycles. The Morgan fingerprint density at radius 1 is 0.850 bits per heavy atom. The van der Waals surface area contributed by atoms with Gasteiger partial charge in [-0.1, -0.05) is 53.7 Å². The molecule has 1 unspecified atom stereocenters. The predicted octanol–water partition coefficient (Wildman–Crippen LogP) is 6.01. The van der Waals surface area contributed by atoms with Gasteiger partial charge in [-0.15, -0.1) is 11.8 Å². The SMILES string of the molecule is C(/Sc1ccccc1)=C1/CCCC1Sc1ccccc1. The fourth-order valence-corrected chi connectivity index (χ4v) is 4.65. The topological polar surface area (TPSA) is 0 Å². The van der Waals surface area contributed by atoms with Crippen LogP contribution >= 0.6 is 23.5 Å². The average molecular weight is 298 g/mol. The smallest absolute Gasteiger partial charge is 0.0312 e. The minimum atomic E-state index is 0.661. The van der Waals surface area contributed by atoms with Gasteiger partial charge in [-0.2, -0.15) is 0 Å². The predicted molar refractivity (Wildman–Crippen MR) is 90.3 cm³/mol. The van der Waals surface area contributed by atoms with Crippen molar-refractivity contribution < 1.29 is 0 Å². The van der Waals surface area contributed by atoms with E-state index in [1.807, 2.05) is 23.5 Å². The standard InChI is InChI=1S/C18H18S2/c1-3-9-16(10-4-1)19-14-15-8-7-13-18(15)20-17-11-5-2-6-12-17/h1-6,9-12,14,18H,7-8,13H2/b15-14+. The van der Waals surface area contributed by atoms with Crippen molar-refractivity contribution in [2.24, 2.45) is 0 Å². The third-order valence-electron chi connectivity index (χ3n) is 3.46. The van der Waals surface area contributed by atoms with Crippen molar-refractivity contribution >= 4 is 23.5 Å². The highest BCUT2D eigenvalue weighted by Crippen LogP contribution is 2.40. The molecule has 0 N–H and O–H groups in total. The highest BCUT2D eigenvalue weighted by Gasteiger charge is 2.21. The van der Waals surface area contributed by atoms with Gasteiger partial charge >= 0.3 is 0 Å². The summed E-state index contributed by atoms with van der Waals surface area (Å²) in [5, 5.41) is 3.04. The summed E-state index contributed by atoms with van der Waals surface area (Å²) >= 11 is 3.87. The first-order valence-electron chi connectivity index (χ1n) is 7.04. The second-order valence-electron chi connectivity index (χ2n) is 4.94. The largest absolute Gasteiger partial charge is 0.118 e. The number of rotatable bonds is 4. The van der Waals surface area contributed by atoms with Gasteiger partial charge < -0.3 is 0 Å². The van der Waals surface area contributed by atoms with Crippen LogP contribution in [-0.4, -0.2) is 5.25 Å². The molecule has 0 amide bonds. The second kappa shape index (κ2) is 7.05. The van der Waals surface area contributed by atoms with Crippen molar-refractivity contribution in [3.63, 3.8) is 0 Å². The Bertz CT molecular complexity index is 560. The third-order valence-corrected chi connectivity index (χ3v) is 5.79. The molecule has 1 aliphatic carbocycles. The van der Waals surface area contributed by atoms with Crippen LogP contribution in [0.15, 0.2) is 81.4 Å². The summed E-state index contributed by atoms with van der Waals surface area (Å²) in [4.78, 5) is 2.71. The van der Waals surface area contributed by atoms with E-state index in [0.29, 0.717) is 5.25 Å². The minimum Gasteiger partial charge on any atom is -0.118 e. The molecular weight excluding hydrogens is 280 g/mol. The Balaban J connectivity index is 1.66. The van der Waals surface area contributed by atoms with Crippen LogP contribution in [0.25, 0.3) is 0 Å². The lowest BCUT2D eigenvalue weighted by molar-refractivity contribution is 0.893. The third kappa shape index (κ3) is 3.71. The van der Waals surface area contributed by atoms with Crippen LogP contribution in [0.3, 0.4) is 0 Å². The van der Waals surface area contributed by atoms with Crippen LogP contribution in [0.4, 0.5) is 0 Å². The molecule has 0 saturated heterocycles. The van der Waals surface area contributed by atoms with E-state index in [-0.39, 0.29) is 0 Å². The molecule has 0 spiro atoms. The molecule has 0 bridgehead atoms. The molecule has 1 aliphatic rings. The van der Waals surface area contributed by atoms with E-state index in [1.165, 1.54) is 29.1 Å². The van der Waals surface area contributed by atoms with Gasteiger partial charge in [-0.25, -0.2) is 0 Å². The average Bonchev–Trinajstić information content (AvgIpc) is 2.94. The lowest BCUT2D eigenvalue weighted by Crippen LogP contribution is -1.97. The van der Waals surface area contributed by atoms with Gasteiger partial charge in [0.2, 0.25) is 0 Å². The summed E-state index contributed by atoms with van der Waals surface area (Å²) in [5.41, 5.74) is 1.60. The van der Waals surface area contributed by atoms with Gasteiger partial charge in [0.05, 0.1) is 0 Å². The molecule has 2 aromatic rings. The molecule has 3 rings (SSSR count). The maximum absolute atomic E-state index is 2.38. The lowest BCUT2D eigenvalue weighted by Gasteiger charge is -2.11. The van der Waals surface area contributed by atoms with Crippen LogP contribution in [0.5, 0.6) is 0 Å². The summed E-state index contributed by atoms with van der Waals surface area (Å²) < 4.78 is 0. The quantitative estimate of drug-likeness (QED) is 0.634. The maximum Gasteiger partial charge on any atom is 0.0312 e. The van der Waals surface area contributed by atoms with Crippen molar-refractivity contribution in [1.29, 1.82) is 0 Å². The van der Waals surface area contributed by atoms with E-state index < -0.39 is 0 Å². The van der Waals surface area contributed by atoms with Gasteiger partial charge in [0, 0.05) is 15.0 Å². The highest BCUT2D eigenvalue weighted by atomic mass is 32.2. The van der Waals surface area contributed by atoms with Crippen molar-refractivity contribution in [1.82, 2.24) is 0 Å². The number of hydrogen-bond acceptors (Lipinski definition) is 2. The number of thioether (sulfide) groups is 2. The first kappa shape index (κ1) is 13.8. The van der Waals surface area contributed by atoms with Crippen LogP contribution in [0.1, 0.15) is 19.3 Å². The fourth-order valence-electron chi connectivity index (χ4n) is 2.41. The molecule has 20 heavy (non-hydrogen) atoms. The van der Waals surface area contributed by atoms with Crippen LogP contribution in [0.2, 0.25) is 0 Å². The van der Waals surface area contributed by atoms with E-state index in [0.717, 1.165) is 0 Å². The van der Waals surface area contributed by atoms with E-state index in [4.69, 9.17) is 0 Å². The fraction of sp³-hybridized carbons (Fsp3) is 0.222. The summed E-state index contributed by atoms with van der Waals surface area (Å²) in [6, 6.07) is 21.4. The van der Waals surface area contributed by atoms with Crippen molar-refractivity contribution in [3.8, 4) is 0 Å². The molecule has 0 heterocycles. The molecule has 2 aromatic carbocycles. The number of benzene rings is 2. The Morgan fingerprint density at radius 2 is 1.50 bits per heavy atom. The van der Waals surface area contributed by atoms with Crippen molar-refractivity contribution in [2.45, 2.75) is 34.3 Å². The van der Waals surface area contributed by atoms with Gasteiger partial charge in [-0.05, 0) is 48.9 Å². The highest BCUT2D eigenvalue weighted by molar-refractivity contribution is 8.02. The summed E-state index contributed by atoms with van der Waals surface area (Å²) in [5.74, 6) is 0. The molecule has 1 saturated carbocycles. The Hall–Kier alpha value is -1.12. The van der Waals surface area contributed by atoms with Crippen LogP contribution in [-0.2, 0) is 0 Å². The maximum atomic E-state index is 2.38. The summed E-state index contributed by atoms with van der Waals surface area (Å²) in [7, 11) is 0. The molecular formula is C18H18S2. The van der Waals surface area contributed by atoms with E-state index in [9.17, 15) is 0 Å². The monoisotopic (exact) mass is 298 g/mol. The minimum absolute atomic E-state index is 0.661. The van der Waals surface area contributed by atoms with E-state index in [1.54, 1.807) is 5.57 Å². The van der Waals surface area contributed by atoms with Crippen molar-refractivity contribution in [2.75, 3.05) is 0 Å². The van der Waals surface area contributed by atoms with Gasteiger partial charge in [-0.3, -0.25) is 0 Å². The second-order valence-corrected chi connectivity index (χ2v) is 7.15. The summed E-state index contributed by atoms with van der Waals surface area (Å²) in [6.45, 7) is 0. The van der Waals surface area contributed by atoms with E-state index in [2.05, 4.69) is 66.1 Å². The van der Waals surface area contributed by atoms with Crippen LogP contribution < -0.4 is 0 Å². The molecule has 0 radical (unpaired) electrons. The van der Waals surface area contributed by atoms with Crippen LogP contribution in [0, 0.1) is 0 Å². The first-order chi connectivity index (χ1) is 9.92. The zero-order valence-corrected chi connectivity index (χ0v) is 13.0. The van der Waals surface area contributed by atoms with Crippen molar-refractivity contribution in [3.05, 3.63) is 71.6 Å². The zero-order chi connectivity index (χ0) is 13.6. The molecule has 0 aromatic heterocycles. The summed E-state index contributed by atoms with van der Waals surface area (Å²) in [6.07, 6.45) is 3.89. The first-order valence-corrected chi connectivity index (χ1v) is 8.80. The van der Waals surface area contributed by atoms with E-state index >= 15 is 0 Å². The molecule has 1 fully saturated rings. The number of hydrogen-bond donors (Lipinski definition) is 0. The molecule has 2 heteroatoms. The molecule has 102 valence electrons. The van der Waals surface area contributed by atoms with Gasteiger partial charge in [0.25, 0.3) is 0 Å². The van der Waals surface area contributed by atoms with Gasteiger partial charge in [0.15, 0.2) is 0 Å². The Morgan fingerprint density at radius 3 is 2.20 bits per heavy atom. The van der Waals surface area contributed by atoms with Gasteiger partial charge in [0.1, 0.15) is 0 Å². The molecule has 1 atom stereocenters. The Kier molecular flexibility index (Phi) is 4.88. The lowest BCUT2D eigenvalue weighted by atomic mass is 10.3. The zero-order valence-electron chi connectivity index (χ0n) is 11.4. The normalized spacial score (nSPS) is 20.4. The molecule has 0 nitrogen and oxygen atoms in total. The Labute approximate surface area is 129 Å².